The van der Waals surface area contributed by atoms with Crippen molar-refractivity contribution in [3.05, 3.63) is 54.0 Å². The maximum absolute atomic E-state index is 11.7. The Bertz CT molecular complexity index is 913. The Morgan fingerprint density at radius 3 is 2.91 bits per heavy atom. The molecule has 1 fully saturated rings. The van der Waals surface area contributed by atoms with Gasteiger partial charge in [-0.25, -0.2) is 4.79 Å². The number of nitrogens with zero attached hydrogens (tertiary/aromatic N) is 4. The molecule has 1 aliphatic rings. The number of allylic oxidation sites excluding steroid dienone is 3. The van der Waals surface area contributed by atoms with Gasteiger partial charge in [0.2, 0.25) is 0 Å². The lowest BCUT2D eigenvalue weighted by Gasteiger charge is -2.24. The fourth-order valence-electron chi connectivity index (χ4n) is 3.61. The third-order valence-corrected chi connectivity index (χ3v) is 5.51. The summed E-state index contributed by atoms with van der Waals surface area (Å²) in [5.41, 5.74) is 1.41. The van der Waals surface area contributed by atoms with Crippen LogP contribution >= 0.6 is 11.6 Å². The molecule has 1 saturated heterocycles. The van der Waals surface area contributed by atoms with Gasteiger partial charge in [-0.15, -0.1) is 11.6 Å². The number of carbonyl (C=O) groups excluding carboxylic acids is 1. The first kappa shape index (κ1) is 27.7. The molecular formula is C25H39ClN6O2. The van der Waals surface area contributed by atoms with Crippen LogP contribution in [0.2, 0.25) is 0 Å². The molecule has 0 bridgehead atoms. The number of amides is 2. The van der Waals surface area contributed by atoms with Gasteiger partial charge in [0.15, 0.2) is 0 Å². The first-order valence-electron chi connectivity index (χ1n) is 11.8. The number of likely N-dealkylation sites (N-methyl/N-ethyl adjacent to an activating group) is 1. The smallest absolute Gasteiger partial charge is 0.320 e. The van der Waals surface area contributed by atoms with Crippen molar-refractivity contribution < 1.29 is 9.90 Å². The summed E-state index contributed by atoms with van der Waals surface area (Å²) < 4.78 is 1.78. The van der Waals surface area contributed by atoms with E-state index in [9.17, 15) is 9.90 Å². The largest absolute Gasteiger partial charge is 0.389 e. The number of halogens is 1. The SMILES string of the molecule is C/C=C(\C=C/C(C)CN=C1NC(=O)NCC1C=CCCl)N(CC)Cc1cnn(CC(C)(C)O)c1. The van der Waals surface area contributed by atoms with Crippen LogP contribution in [0.4, 0.5) is 4.79 Å². The standard InChI is InChI=1S/C25H39ClN6O2/c1-6-22(31(7-2)16-20-14-29-32(17-20)18-25(4,5)34)11-10-19(3)13-27-23-21(9-8-12-26)15-28-24(33)30-23/h6,8-11,14,17,19,21,34H,7,12-13,15-16,18H2,1-5H3,(H2,27,28,30,33)/b9-8?,11-10-,22-6+. The highest BCUT2D eigenvalue weighted by molar-refractivity contribution is 6.18. The highest BCUT2D eigenvalue weighted by Gasteiger charge is 2.22. The molecule has 2 amide bonds. The molecule has 1 aromatic rings. The third kappa shape index (κ3) is 9.35. The van der Waals surface area contributed by atoms with Crippen LogP contribution in [0.3, 0.4) is 0 Å². The Hall–Kier alpha value is -2.58. The number of hydrogen-bond acceptors (Lipinski definition) is 5. The number of rotatable bonds is 12. The zero-order chi connectivity index (χ0) is 25.1. The quantitative estimate of drug-likeness (QED) is 0.236. The van der Waals surface area contributed by atoms with E-state index in [0.29, 0.717) is 31.3 Å². The summed E-state index contributed by atoms with van der Waals surface area (Å²) in [6.45, 7) is 12.9. The van der Waals surface area contributed by atoms with Crippen molar-refractivity contribution in [2.75, 3.05) is 25.5 Å². The Morgan fingerprint density at radius 2 is 2.26 bits per heavy atom. The van der Waals surface area contributed by atoms with Crippen molar-refractivity contribution in [3.63, 3.8) is 0 Å². The molecule has 3 N–H and O–H groups in total. The van der Waals surface area contributed by atoms with Gasteiger partial charge in [-0.3, -0.25) is 15.0 Å². The number of amidine groups is 1. The van der Waals surface area contributed by atoms with E-state index in [2.05, 4.69) is 57.7 Å². The summed E-state index contributed by atoms with van der Waals surface area (Å²) in [7, 11) is 0. The van der Waals surface area contributed by atoms with Crippen LogP contribution in [-0.4, -0.2) is 62.8 Å². The molecule has 8 nitrogen and oxygen atoms in total. The summed E-state index contributed by atoms with van der Waals surface area (Å²) in [4.78, 5) is 18.7. The Morgan fingerprint density at radius 1 is 1.50 bits per heavy atom. The first-order valence-corrected chi connectivity index (χ1v) is 12.3. The minimum absolute atomic E-state index is 0.00614. The van der Waals surface area contributed by atoms with Crippen molar-refractivity contribution >= 4 is 23.5 Å². The number of alkyl halides is 1. The predicted octanol–water partition coefficient (Wildman–Crippen LogP) is 3.69. The van der Waals surface area contributed by atoms with Gasteiger partial charge < -0.3 is 15.3 Å². The lowest BCUT2D eigenvalue weighted by atomic mass is 10.1. The van der Waals surface area contributed by atoms with Gasteiger partial charge in [-0.05, 0) is 39.7 Å². The number of hydrogen-bond donors (Lipinski definition) is 3. The molecule has 0 spiro atoms. The molecule has 2 heterocycles. The average Bonchev–Trinajstić information content (AvgIpc) is 3.21. The van der Waals surface area contributed by atoms with Crippen LogP contribution < -0.4 is 10.6 Å². The molecule has 34 heavy (non-hydrogen) atoms. The second-order valence-corrected chi connectivity index (χ2v) is 9.48. The van der Waals surface area contributed by atoms with E-state index in [-0.39, 0.29) is 17.9 Å². The van der Waals surface area contributed by atoms with Crippen molar-refractivity contribution in [2.45, 2.75) is 53.3 Å². The molecule has 0 saturated carbocycles. The zero-order valence-electron chi connectivity index (χ0n) is 21.0. The summed E-state index contributed by atoms with van der Waals surface area (Å²) in [6, 6.07) is -0.224. The first-order chi connectivity index (χ1) is 16.1. The van der Waals surface area contributed by atoms with Crippen molar-refractivity contribution in [2.24, 2.45) is 16.8 Å². The van der Waals surface area contributed by atoms with E-state index in [4.69, 9.17) is 11.6 Å². The Labute approximate surface area is 208 Å². The van der Waals surface area contributed by atoms with E-state index >= 15 is 0 Å². The zero-order valence-corrected chi connectivity index (χ0v) is 21.7. The van der Waals surface area contributed by atoms with Gasteiger partial charge in [-0.1, -0.05) is 31.2 Å². The van der Waals surface area contributed by atoms with E-state index in [1.165, 1.54) is 0 Å². The summed E-state index contributed by atoms with van der Waals surface area (Å²) in [5, 5.41) is 20.0. The second kappa shape index (κ2) is 13.3. The molecule has 188 valence electrons. The molecule has 2 atom stereocenters. The maximum atomic E-state index is 11.7. The fraction of sp³-hybridized carbons (Fsp3) is 0.560. The number of aliphatic hydroxyl groups is 1. The average molecular weight is 491 g/mol. The fourth-order valence-corrected chi connectivity index (χ4v) is 3.71. The minimum Gasteiger partial charge on any atom is -0.389 e. The Kier molecular flexibility index (Phi) is 10.9. The lowest BCUT2D eigenvalue weighted by molar-refractivity contribution is 0.0577. The van der Waals surface area contributed by atoms with Gasteiger partial charge in [0.1, 0.15) is 5.84 Å². The summed E-state index contributed by atoms with van der Waals surface area (Å²) in [6.07, 6.45) is 14.1. The van der Waals surface area contributed by atoms with Crippen LogP contribution in [0.5, 0.6) is 0 Å². The topological polar surface area (TPSA) is 94.8 Å². The molecule has 0 radical (unpaired) electrons. The molecule has 9 heteroatoms. The number of carbonyl (C=O) groups is 1. The Balaban J connectivity index is 2.00. The van der Waals surface area contributed by atoms with Crippen LogP contribution in [-0.2, 0) is 13.1 Å². The third-order valence-electron chi connectivity index (χ3n) is 5.33. The van der Waals surface area contributed by atoms with Gasteiger partial charge in [-0.2, -0.15) is 5.10 Å². The number of urea groups is 1. The van der Waals surface area contributed by atoms with Crippen LogP contribution in [0.1, 0.15) is 40.2 Å². The van der Waals surface area contributed by atoms with E-state index in [1.807, 2.05) is 31.5 Å². The lowest BCUT2D eigenvalue weighted by Crippen LogP contribution is -2.51. The van der Waals surface area contributed by atoms with Crippen LogP contribution in [0.25, 0.3) is 0 Å². The molecule has 1 aromatic heterocycles. The van der Waals surface area contributed by atoms with E-state index < -0.39 is 5.60 Å². The maximum Gasteiger partial charge on any atom is 0.320 e. The molecule has 0 aliphatic carbocycles. The minimum atomic E-state index is -0.804. The van der Waals surface area contributed by atoms with Gasteiger partial charge in [0.05, 0.1) is 24.3 Å². The predicted molar refractivity (Wildman–Crippen MR) is 139 cm³/mol. The molecule has 2 unspecified atom stereocenters. The van der Waals surface area contributed by atoms with Crippen LogP contribution in [0, 0.1) is 11.8 Å². The second-order valence-electron chi connectivity index (χ2n) is 9.17. The summed E-state index contributed by atoms with van der Waals surface area (Å²) in [5.74, 6) is 1.30. The molecular weight excluding hydrogens is 452 g/mol. The van der Waals surface area contributed by atoms with E-state index in [1.54, 1.807) is 18.5 Å². The van der Waals surface area contributed by atoms with Gasteiger partial charge in [0, 0.05) is 49.5 Å². The number of aromatic nitrogens is 2. The normalized spacial score (nSPS) is 19.6. The van der Waals surface area contributed by atoms with Crippen molar-refractivity contribution in [3.8, 4) is 0 Å². The van der Waals surface area contributed by atoms with Crippen molar-refractivity contribution in [1.82, 2.24) is 25.3 Å². The summed E-state index contributed by atoms with van der Waals surface area (Å²) >= 11 is 5.76. The molecule has 0 aromatic carbocycles. The highest BCUT2D eigenvalue weighted by atomic mass is 35.5. The van der Waals surface area contributed by atoms with Gasteiger partial charge >= 0.3 is 6.03 Å². The van der Waals surface area contributed by atoms with Gasteiger partial charge in [0.25, 0.3) is 0 Å². The number of nitrogens with one attached hydrogen (secondary N) is 2. The van der Waals surface area contributed by atoms with Crippen molar-refractivity contribution in [1.29, 1.82) is 0 Å². The highest BCUT2D eigenvalue weighted by Crippen LogP contribution is 2.15. The molecule has 2 rings (SSSR count). The number of aliphatic imine (C=N–C) groups is 1. The monoisotopic (exact) mass is 490 g/mol. The van der Waals surface area contributed by atoms with E-state index in [0.717, 1.165) is 24.4 Å². The molecule has 1 aliphatic heterocycles. The van der Waals surface area contributed by atoms with Crippen LogP contribution in [0.15, 0.2) is 53.5 Å².